The molecule has 0 aromatic heterocycles. The van der Waals surface area contributed by atoms with Crippen LogP contribution in [0.25, 0.3) is 0 Å². The molecule has 0 aromatic carbocycles. The van der Waals surface area contributed by atoms with Crippen molar-refractivity contribution in [2.24, 2.45) is 11.8 Å². The summed E-state index contributed by atoms with van der Waals surface area (Å²) in [5, 5.41) is 0. The van der Waals surface area contributed by atoms with Crippen molar-refractivity contribution in [3.05, 3.63) is 0 Å². The van der Waals surface area contributed by atoms with Gasteiger partial charge in [-0.05, 0) is 31.1 Å². The zero-order chi connectivity index (χ0) is 9.10. The Morgan fingerprint density at radius 2 is 1.77 bits per heavy atom. The predicted octanol–water partition coefficient (Wildman–Crippen LogP) is 2.52. The van der Waals surface area contributed by atoms with Crippen LogP contribution in [0, 0.1) is 11.8 Å². The van der Waals surface area contributed by atoms with E-state index in [1.807, 2.05) is 0 Å². The van der Waals surface area contributed by atoms with Crippen molar-refractivity contribution >= 4 is 6.47 Å². The Kier molecular flexibility index (Phi) is 2.87. The normalized spacial score (nSPS) is 39.2. The molecule has 2 aliphatic rings. The Bertz CT molecular complexity index is 179. The molecule has 3 atom stereocenters. The van der Waals surface area contributed by atoms with Gasteiger partial charge in [0.05, 0.1) is 0 Å². The second-order valence-electron chi connectivity index (χ2n) is 4.47. The summed E-state index contributed by atoms with van der Waals surface area (Å²) in [6.07, 6.45) is 9.32. The van der Waals surface area contributed by atoms with Crippen LogP contribution >= 0.6 is 0 Å². The molecule has 0 saturated heterocycles. The molecule has 74 valence electrons. The number of hydrogen-bond acceptors (Lipinski definition) is 2. The van der Waals surface area contributed by atoms with E-state index in [2.05, 4.69) is 0 Å². The monoisotopic (exact) mass is 182 g/mol. The summed E-state index contributed by atoms with van der Waals surface area (Å²) in [4.78, 5) is 10.2. The molecule has 2 rings (SSSR count). The van der Waals surface area contributed by atoms with Crippen LogP contribution in [0.15, 0.2) is 0 Å². The maximum absolute atomic E-state index is 10.2. The summed E-state index contributed by atoms with van der Waals surface area (Å²) in [6, 6.07) is 0. The predicted molar refractivity (Wildman–Crippen MR) is 50.2 cm³/mol. The fourth-order valence-electron chi connectivity index (χ4n) is 3.03. The molecule has 0 heterocycles. The van der Waals surface area contributed by atoms with E-state index in [0.29, 0.717) is 6.47 Å². The van der Waals surface area contributed by atoms with Crippen molar-refractivity contribution in [3.8, 4) is 0 Å². The van der Waals surface area contributed by atoms with E-state index in [1.54, 1.807) is 0 Å². The average molecular weight is 182 g/mol. The Balaban J connectivity index is 1.87. The average Bonchev–Trinajstić information content (AvgIpc) is 2.18. The molecule has 0 N–H and O–H groups in total. The number of fused-ring (bicyclic) bond motifs is 1. The molecule has 2 nitrogen and oxygen atoms in total. The first-order chi connectivity index (χ1) is 6.40. The van der Waals surface area contributed by atoms with Gasteiger partial charge in [-0.3, -0.25) is 4.79 Å². The highest BCUT2D eigenvalue weighted by atomic mass is 16.5. The number of carbonyl (C=O) groups excluding carboxylic acids is 1. The van der Waals surface area contributed by atoms with Gasteiger partial charge in [-0.1, -0.05) is 25.7 Å². The lowest BCUT2D eigenvalue weighted by atomic mass is 9.70. The summed E-state index contributed by atoms with van der Waals surface area (Å²) in [5.41, 5.74) is 0. The van der Waals surface area contributed by atoms with E-state index in [1.165, 1.54) is 32.1 Å². The van der Waals surface area contributed by atoms with Crippen LogP contribution in [0.2, 0.25) is 0 Å². The van der Waals surface area contributed by atoms with Crippen LogP contribution in [-0.2, 0) is 9.53 Å². The molecule has 2 heteroatoms. The molecule has 0 aliphatic heterocycles. The maximum Gasteiger partial charge on any atom is 0.293 e. The second kappa shape index (κ2) is 4.12. The Labute approximate surface area is 79.7 Å². The van der Waals surface area contributed by atoms with Gasteiger partial charge < -0.3 is 4.74 Å². The molecular weight excluding hydrogens is 164 g/mol. The lowest BCUT2D eigenvalue weighted by Gasteiger charge is -2.38. The summed E-state index contributed by atoms with van der Waals surface area (Å²) in [5.74, 6) is 1.80. The van der Waals surface area contributed by atoms with Crippen LogP contribution in [-0.4, -0.2) is 12.6 Å². The van der Waals surface area contributed by atoms with Crippen molar-refractivity contribution in [1.29, 1.82) is 0 Å². The quantitative estimate of drug-likeness (QED) is 0.613. The molecule has 2 aliphatic carbocycles. The van der Waals surface area contributed by atoms with Gasteiger partial charge in [0.25, 0.3) is 6.47 Å². The first-order valence-electron chi connectivity index (χ1n) is 5.49. The highest BCUT2D eigenvalue weighted by Crippen LogP contribution is 2.40. The van der Waals surface area contributed by atoms with Crippen LogP contribution in [0.3, 0.4) is 0 Å². The van der Waals surface area contributed by atoms with Gasteiger partial charge >= 0.3 is 0 Å². The summed E-state index contributed by atoms with van der Waals surface area (Å²) < 4.78 is 5.05. The number of ether oxygens (including phenoxy) is 1. The van der Waals surface area contributed by atoms with Gasteiger partial charge in [-0.2, -0.15) is 0 Å². The Morgan fingerprint density at radius 1 is 1.00 bits per heavy atom. The molecular formula is C11H18O2. The van der Waals surface area contributed by atoms with Crippen LogP contribution < -0.4 is 0 Å². The topological polar surface area (TPSA) is 26.3 Å². The lowest BCUT2D eigenvalue weighted by molar-refractivity contribution is -0.136. The van der Waals surface area contributed by atoms with Crippen LogP contribution in [0.5, 0.6) is 0 Å². The van der Waals surface area contributed by atoms with E-state index in [4.69, 9.17) is 4.74 Å². The largest absolute Gasteiger partial charge is 0.465 e. The van der Waals surface area contributed by atoms with Crippen LogP contribution in [0.4, 0.5) is 0 Å². The molecule has 13 heavy (non-hydrogen) atoms. The van der Waals surface area contributed by atoms with E-state index in [-0.39, 0.29) is 6.10 Å². The summed E-state index contributed by atoms with van der Waals surface area (Å²) in [7, 11) is 0. The van der Waals surface area contributed by atoms with Gasteiger partial charge in [0.1, 0.15) is 6.10 Å². The zero-order valence-corrected chi connectivity index (χ0v) is 8.08. The van der Waals surface area contributed by atoms with Crippen LogP contribution in [0.1, 0.15) is 44.9 Å². The first-order valence-corrected chi connectivity index (χ1v) is 5.49. The second-order valence-corrected chi connectivity index (χ2v) is 4.47. The lowest BCUT2D eigenvalue weighted by Crippen LogP contribution is -2.31. The van der Waals surface area contributed by atoms with Crippen molar-refractivity contribution in [3.63, 3.8) is 0 Å². The van der Waals surface area contributed by atoms with Crippen molar-refractivity contribution in [2.45, 2.75) is 51.0 Å². The summed E-state index contributed by atoms with van der Waals surface area (Å²) >= 11 is 0. The molecule has 0 bridgehead atoms. The SMILES string of the molecule is O=CO[C@@H]1CC[C@@H]2CCCC[C@H]2C1. The third-order valence-corrected chi connectivity index (χ3v) is 3.74. The van der Waals surface area contributed by atoms with Gasteiger partial charge in [0.2, 0.25) is 0 Å². The molecule has 0 unspecified atom stereocenters. The zero-order valence-electron chi connectivity index (χ0n) is 8.08. The molecule has 2 saturated carbocycles. The standard InChI is InChI=1S/C11H18O2/c12-8-13-11-6-5-9-3-1-2-4-10(9)7-11/h8-11H,1-7H2/t9-,10-,11+/m0/s1. The minimum Gasteiger partial charge on any atom is -0.465 e. The first kappa shape index (κ1) is 9.04. The molecule has 0 aromatic rings. The minimum atomic E-state index is 0.233. The molecule has 2 fully saturated rings. The fourth-order valence-corrected chi connectivity index (χ4v) is 3.03. The molecule has 0 radical (unpaired) electrons. The molecule has 0 amide bonds. The van der Waals surface area contributed by atoms with Crippen molar-refractivity contribution < 1.29 is 9.53 Å². The van der Waals surface area contributed by atoms with Crippen molar-refractivity contribution in [2.75, 3.05) is 0 Å². The third kappa shape index (κ3) is 2.04. The van der Waals surface area contributed by atoms with Gasteiger partial charge in [0, 0.05) is 0 Å². The van der Waals surface area contributed by atoms with E-state index in [0.717, 1.165) is 24.7 Å². The minimum absolute atomic E-state index is 0.233. The highest BCUT2D eigenvalue weighted by Gasteiger charge is 2.32. The van der Waals surface area contributed by atoms with E-state index < -0.39 is 0 Å². The fraction of sp³-hybridized carbons (Fsp3) is 0.909. The van der Waals surface area contributed by atoms with E-state index >= 15 is 0 Å². The third-order valence-electron chi connectivity index (χ3n) is 3.74. The highest BCUT2D eigenvalue weighted by molar-refractivity contribution is 5.37. The van der Waals surface area contributed by atoms with Gasteiger partial charge in [-0.25, -0.2) is 0 Å². The van der Waals surface area contributed by atoms with E-state index in [9.17, 15) is 4.79 Å². The maximum atomic E-state index is 10.2. The van der Waals surface area contributed by atoms with Crippen molar-refractivity contribution in [1.82, 2.24) is 0 Å². The van der Waals surface area contributed by atoms with Gasteiger partial charge in [-0.15, -0.1) is 0 Å². The number of rotatable bonds is 2. The number of hydrogen-bond donors (Lipinski definition) is 0. The Morgan fingerprint density at radius 3 is 2.54 bits per heavy atom. The Hall–Kier alpha value is -0.530. The van der Waals surface area contributed by atoms with Gasteiger partial charge in [0.15, 0.2) is 0 Å². The number of carbonyl (C=O) groups is 1. The molecule has 0 spiro atoms. The summed E-state index contributed by atoms with van der Waals surface area (Å²) in [6.45, 7) is 0.619. The smallest absolute Gasteiger partial charge is 0.293 e.